The van der Waals surface area contributed by atoms with E-state index in [2.05, 4.69) is 180 Å². The summed E-state index contributed by atoms with van der Waals surface area (Å²) in [6.07, 6.45) is 8.50. The van der Waals surface area contributed by atoms with Gasteiger partial charge in [-0.25, -0.2) is 19.2 Å². The van der Waals surface area contributed by atoms with Crippen LogP contribution < -0.4 is 0 Å². The average Bonchev–Trinajstić information content (AvgIpc) is 1.57. The monoisotopic (exact) mass is 1160 g/mol. The molecule has 5 aromatic carbocycles. The molecule has 0 unspecified atom stereocenters. The van der Waals surface area contributed by atoms with Crippen molar-refractivity contribution in [1.29, 1.82) is 0 Å². The van der Waals surface area contributed by atoms with Gasteiger partial charge in [-0.15, -0.1) is 0 Å². The molecule has 8 nitrogen and oxygen atoms in total. The van der Waals surface area contributed by atoms with Crippen LogP contribution in [0.2, 0.25) is 0 Å². The number of carbonyl (C=O) groups is 4. The van der Waals surface area contributed by atoms with Crippen LogP contribution in [-0.4, -0.2) is 48.3 Å². The Morgan fingerprint density at radius 2 is 0.500 bits per heavy atom. The fraction of sp³-hybridized carbons (Fsp3) is 0.564. The molecule has 86 heavy (non-hydrogen) atoms. The van der Waals surface area contributed by atoms with Crippen LogP contribution in [0.5, 0.6) is 0 Å². The smallest absolute Gasteiger partial charge is 0.339 e. The molecule has 0 amide bonds. The van der Waals surface area contributed by atoms with Gasteiger partial charge in [0.2, 0.25) is 0 Å². The summed E-state index contributed by atoms with van der Waals surface area (Å²) in [6.45, 7) is 27.6. The van der Waals surface area contributed by atoms with E-state index in [1.807, 2.05) is 24.3 Å². The zero-order chi connectivity index (χ0) is 60.7. The van der Waals surface area contributed by atoms with Gasteiger partial charge in [-0.2, -0.15) is 0 Å². The molecule has 0 aliphatic heterocycles. The molecular weight excluding hydrogens is 1060 g/mol. The van der Waals surface area contributed by atoms with Gasteiger partial charge in [0.05, 0.1) is 22.3 Å². The van der Waals surface area contributed by atoms with Crippen molar-refractivity contribution in [2.24, 2.45) is 90.7 Å². The fourth-order valence-corrected chi connectivity index (χ4v) is 21.4. The Morgan fingerprint density at radius 1 is 0.314 bits per heavy atom. The molecule has 16 atom stereocenters. The quantitative estimate of drug-likeness (QED) is 0.0711. The molecule has 5 aromatic rings. The second-order valence-corrected chi connectivity index (χ2v) is 31.8. The molecule has 454 valence electrons. The van der Waals surface area contributed by atoms with E-state index in [1.165, 1.54) is 34.4 Å². The highest BCUT2D eigenvalue weighted by molar-refractivity contribution is 6.10. The molecule has 8 aliphatic rings. The molecule has 8 aliphatic carbocycles. The van der Waals surface area contributed by atoms with E-state index in [4.69, 9.17) is 18.9 Å². The lowest BCUT2D eigenvalue weighted by Gasteiger charge is -2.40. The Morgan fingerprint density at radius 3 is 0.686 bits per heavy atom. The van der Waals surface area contributed by atoms with Crippen LogP contribution in [0.25, 0.3) is 0 Å². The normalized spacial score (nSPS) is 36.7. The van der Waals surface area contributed by atoms with Crippen molar-refractivity contribution < 1.29 is 38.1 Å². The molecule has 0 radical (unpaired) electrons. The zero-order valence-electron chi connectivity index (χ0n) is 53.4. The predicted octanol–water partition coefficient (Wildman–Crippen LogP) is 17.0. The molecular formula is C78H94O8. The lowest BCUT2D eigenvalue weighted by molar-refractivity contribution is -0.0450. The predicted molar refractivity (Wildman–Crippen MR) is 336 cm³/mol. The first-order chi connectivity index (χ1) is 40.8. The SMILES string of the molecule is CC1(C)[C@H]2CC[C@]1(C)[C@H](OC(=O)c1cc(C(=O)O[C@@H]3[C@H](Cc4ccccc4)[C@@H]4CC[C@@]3(C)C4(C)C)c(C(=O)O[C@@H]3[C@H](Cc4ccccc4)[C@@H]4CC[C@@]3(C)C4(C)C)cc1C(=O)O[C@@H]1[C@H](Cc3ccccc3)[C@@H]3CC[C@@]1(C)C3(C)C)[C@@H]2Cc1ccccc1. The minimum Gasteiger partial charge on any atom is -0.458 e. The molecule has 0 saturated heterocycles. The van der Waals surface area contributed by atoms with Crippen LogP contribution in [0.3, 0.4) is 0 Å². The third-order valence-electron chi connectivity index (χ3n) is 27.9. The minimum absolute atomic E-state index is 0.00113. The lowest BCUT2D eigenvalue weighted by Crippen LogP contribution is -2.43. The van der Waals surface area contributed by atoms with E-state index in [-0.39, 0.29) is 113 Å². The highest BCUT2D eigenvalue weighted by atomic mass is 16.6. The molecule has 0 aromatic heterocycles. The highest BCUT2D eigenvalue weighted by Gasteiger charge is 2.71. The maximum Gasteiger partial charge on any atom is 0.339 e. The molecule has 0 heterocycles. The zero-order valence-corrected chi connectivity index (χ0v) is 53.4. The van der Waals surface area contributed by atoms with Crippen LogP contribution in [0.1, 0.15) is 198 Å². The number of benzene rings is 5. The van der Waals surface area contributed by atoms with E-state index in [0.29, 0.717) is 0 Å². The molecule has 8 heteroatoms. The Kier molecular flexibility index (Phi) is 14.3. The summed E-state index contributed by atoms with van der Waals surface area (Å²) in [5.41, 5.74) is 2.15. The number of fused-ring (bicyclic) bond motifs is 8. The summed E-state index contributed by atoms with van der Waals surface area (Å²) in [5.74, 6) is -1.73. The van der Waals surface area contributed by atoms with E-state index in [0.717, 1.165) is 77.0 Å². The first kappa shape index (κ1) is 59.0. The van der Waals surface area contributed by atoms with Gasteiger partial charge < -0.3 is 18.9 Å². The Balaban J connectivity index is 0.951. The number of rotatable bonds is 16. The maximum atomic E-state index is 16.1. The minimum atomic E-state index is -0.709. The largest absolute Gasteiger partial charge is 0.458 e. The molecule has 8 bridgehead atoms. The van der Waals surface area contributed by atoms with Gasteiger partial charge in [-0.3, -0.25) is 0 Å². The average molecular weight is 1160 g/mol. The van der Waals surface area contributed by atoms with Gasteiger partial charge in [0.25, 0.3) is 0 Å². The summed E-state index contributed by atoms with van der Waals surface area (Å²) in [7, 11) is 0. The fourth-order valence-electron chi connectivity index (χ4n) is 21.4. The van der Waals surface area contributed by atoms with Crippen molar-refractivity contribution in [3.05, 3.63) is 178 Å². The van der Waals surface area contributed by atoms with Gasteiger partial charge in [-0.05, 0) is 157 Å². The van der Waals surface area contributed by atoms with Gasteiger partial charge >= 0.3 is 23.9 Å². The van der Waals surface area contributed by atoms with E-state index in [9.17, 15) is 0 Å². The Bertz CT molecular complexity index is 2970. The summed E-state index contributed by atoms with van der Waals surface area (Å²) in [6, 6.07) is 44.8. The van der Waals surface area contributed by atoms with Crippen molar-refractivity contribution in [3.63, 3.8) is 0 Å². The molecule has 13 rings (SSSR count). The second kappa shape index (κ2) is 20.8. The van der Waals surface area contributed by atoms with Crippen molar-refractivity contribution in [1.82, 2.24) is 0 Å². The molecule has 8 fully saturated rings. The third kappa shape index (κ3) is 8.74. The van der Waals surface area contributed by atoms with Gasteiger partial charge in [0.1, 0.15) is 24.4 Å². The topological polar surface area (TPSA) is 105 Å². The number of carbonyl (C=O) groups excluding carboxylic acids is 4. The third-order valence-corrected chi connectivity index (χ3v) is 27.9. The van der Waals surface area contributed by atoms with Gasteiger partial charge in [-0.1, -0.05) is 204 Å². The van der Waals surface area contributed by atoms with Gasteiger partial charge in [0.15, 0.2) is 0 Å². The van der Waals surface area contributed by atoms with Crippen molar-refractivity contribution in [2.45, 2.75) is 185 Å². The summed E-state index contributed by atoms with van der Waals surface area (Å²) < 4.78 is 28.3. The van der Waals surface area contributed by atoms with Crippen molar-refractivity contribution >= 4 is 23.9 Å². The van der Waals surface area contributed by atoms with Crippen LogP contribution >= 0.6 is 0 Å². The highest BCUT2D eigenvalue weighted by Crippen LogP contribution is 2.73. The van der Waals surface area contributed by atoms with Crippen LogP contribution in [0.15, 0.2) is 133 Å². The number of ether oxygens (including phenoxy) is 4. The lowest BCUT2D eigenvalue weighted by atomic mass is 9.70. The van der Waals surface area contributed by atoms with E-state index >= 15 is 19.2 Å². The number of hydrogen-bond acceptors (Lipinski definition) is 8. The summed E-state index contributed by atoms with van der Waals surface area (Å²) >= 11 is 0. The van der Waals surface area contributed by atoms with Crippen LogP contribution in [0.4, 0.5) is 0 Å². The summed E-state index contributed by atoms with van der Waals surface area (Å²) in [5, 5.41) is 0. The van der Waals surface area contributed by atoms with Crippen molar-refractivity contribution in [2.75, 3.05) is 0 Å². The van der Waals surface area contributed by atoms with E-state index < -0.39 is 48.3 Å². The summed E-state index contributed by atoms with van der Waals surface area (Å²) in [4.78, 5) is 64.3. The first-order valence-corrected chi connectivity index (χ1v) is 32.9. The molecule has 0 N–H and O–H groups in total. The maximum absolute atomic E-state index is 16.1. The van der Waals surface area contributed by atoms with E-state index in [1.54, 1.807) is 0 Å². The van der Waals surface area contributed by atoms with Gasteiger partial charge in [0, 0.05) is 45.3 Å². The van der Waals surface area contributed by atoms with Crippen LogP contribution in [0, 0.1) is 90.7 Å². The second-order valence-electron chi connectivity index (χ2n) is 31.8. The van der Waals surface area contributed by atoms with Crippen molar-refractivity contribution in [3.8, 4) is 0 Å². The molecule has 8 saturated carbocycles. The number of esters is 4. The first-order valence-electron chi connectivity index (χ1n) is 32.9. The Hall–Kier alpha value is -6.02. The Labute approximate surface area is 512 Å². The molecule has 0 spiro atoms. The standard InChI is InChI=1S/C78H94O8/c1-71(2)59-33-37-75(71,9)63(55(59)41-47-25-17-13-18-26-47)83-67(79)51-45-53(69(81)85-65-57(43-49-29-21-15-22-30-49)61-35-39-77(65,11)73(61,5)6)54(70(82)86-66-58(44-50-31-23-16-24-32-50)62-36-40-78(66,12)74(62,7)8)46-52(51)68(80)84-64-56(42-48-27-19-14-20-28-48)60-34-38-76(64,10)72(60,3)4/h13-32,45-46,55-66H,33-44H2,1-12H3/t55-,56-,57-,58-,59+,60+,61+,62+,63-,64-,65-,66-,75-,76-,77-,78-/m1/s1. The number of hydrogen-bond donors (Lipinski definition) is 0. The van der Waals surface area contributed by atoms with Crippen LogP contribution in [-0.2, 0) is 44.6 Å².